The lowest BCUT2D eigenvalue weighted by atomic mass is 9.84. The van der Waals surface area contributed by atoms with Gasteiger partial charge >= 0.3 is 0 Å². The van der Waals surface area contributed by atoms with E-state index in [0.717, 1.165) is 44.7 Å². The predicted molar refractivity (Wildman–Crippen MR) is 159 cm³/mol. The zero-order valence-electron chi connectivity index (χ0n) is 24.7. The number of ether oxygens (including phenoxy) is 1. The van der Waals surface area contributed by atoms with Crippen molar-refractivity contribution in [1.82, 2.24) is 24.4 Å². The van der Waals surface area contributed by atoms with E-state index in [-0.39, 0.29) is 5.82 Å². The molecule has 228 valence electrons. The number of morpholine rings is 1. The molecule has 0 radical (unpaired) electrons. The van der Waals surface area contributed by atoms with Crippen molar-refractivity contribution in [2.45, 2.75) is 70.4 Å². The zero-order chi connectivity index (χ0) is 29.3. The standard InChI is InChI=1S/C31H43F2N7O2/c1-31(2,41)20-39(19-22-7-8-22)23-11-9-21(10-12-23)18-34-30-36-26(38-13-15-42-16-14-38)17-27(37-30)40-25-6-4-3-5-24(25)35-29(40)28(32)33/h3-6,17,21-23,28,41H,7-16,18-20H2,1-2H3,(H,34,36,37). The Bertz CT molecular complexity index is 1340. The van der Waals surface area contributed by atoms with Crippen molar-refractivity contribution in [3.05, 3.63) is 36.2 Å². The minimum absolute atomic E-state index is 0.325. The number of hydrogen-bond acceptors (Lipinski definition) is 8. The molecule has 3 aromatic rings. The number of anilines is 2. The van der Waals surface area contributed by atoms with E-state index in [0.29, 0.717) is 73.4 Å². The molecule has 0 bridgehead atoms. The molecule has 0 spiro atoms. The first-order chi connectivity index (χ1) is 20.2. The number of halogens is 2. The average molecular weight is 584 g/mol. The number of nitrogens with zero attached hydrogens (tertiary/aromatic N) is 6. The maximum Gasteiger partial charge on any atom is 0.296 e. The van der Waals surface area contributed by atoms with Gasteiger partial charge in [-0.2, -0.15) is 9.97 Å². The first-order valence-corrected chi connectivity index (χ1v) is 15.4. The molecule has 2 saturated carbocycles. The summed E-state index contributed by atoms with van der Waals surface area (Å²) in [6, 6.07) is 9.43. The number of nitrogens with one attached hydrogen (secondary N) is 1. The number of aliphatic hydroxyl groups is 1. The van der Waals surface area contributed by atoms with E-state index in [1.807, 2.05) is 19.9 Å². The van der Waals surface area contributed by atoms with Gasteiger partial charge in [0.2, 0.25) is 5.95 Å². The Morgan fingerprint density at radius 3 is 2.38 bits per heavy atom. The highest BCUT2D eigenvalue weighted by Crippen LogP contribution is 2.35. The van der Waals surface area contributed by atoms with Crippen LogP contribution in [-0.4, -0.2) is 87.1 Å². The van der Waals surface area contributed by atoms with Gasteiger partial charge in [-0.1, -0.05) is 12.1 Å². The lowest BCUT2D eigenvalue weighted by Crippen LogP contribution is -2.47. The van der Waals surface area contributed by atoms with E-state index < -0.39 is 12.0 Å². The van der Waals surface area contributed by atoms with Crippen LogP contribution in [0.1, 0.15) is 64.6 Å². The minimum atomic E-state index is -2.75. The van der Waals surface area contributed by atoms with Gasteiger partial charge in [0.25, 0.3) is 6.43 Å². The van der Waals surface area contributed by atoms with E-state index >= 15 is 0 Å². The van der Waals surface area contributed by atoms with Crippen molar-refractivity contribution < 1.29 is 18.6 Å². The molecule has 42 heavy (non-hydrogen) atoms. The Hall–Kier alpha value is -2.89. The van der Waals surface area contributed by atoms with Gasteiger partial charge in [-0.3, -0.25) is 9.47 Å². The monoisotopic (exact) mass is 583 g/mol. The second-order valence-corrected chi connectivity index (χ2v) is 12.8. The van der Waals surface area contributed by atoms with Crippen molar-refractivity contribution >= 4 is 22.8 Å². The molecule has 1 aromatic carbocycles. The number of aromatic nitrogens is 4. The van der Waals surface area contributed by atoms with Crippen molar-refractivity contribution in [2.75, 3.05) is 56.2 Å². The van der Waals surface area contributed by atoms with Crippen molar-refractivity contribution in [2.24, 2.45) is 11.8 Å². The molecular weight excluding hydrogens is 540 g/mol. The minimum Gasteiger partial charge on any atom is -0.389 e. The smallest absolute Gasteiger partial charge is 0.296 e. The predicted octanol–water partition coefficient (Wildman–Crippen LogP) is 5.04. The van der Waals surface area contributed by atoms with Gasteiger partial charge in [-0.05, 0) is 76.3 Å². The Morgan fingerprint density at radius 2 is 1.69 bits per heavy atom. The van der Waals surface area contributed by atoms with Gasteiger partial charge in [-0.25, -0.2) is 13.8 Å². The molecule has 2 N–H and O–H groups in total. The first kappa shape index (κ1) is 29.2. The van der Waals surface area contributed by atoms with Crippen LogP contribution in [0.5, 0.6) is 0 Å². The molecule has 3 aliphatic rings. The highest BCUT2D eigenvalue weighted by molar-refractivity contribution is 5.78. The van der Waals surface area contributed by atoms with E-state index in [1.54, 1.807) is 24.3 Å². The number of imidazole rings is 1. The number of rotatable bonds is 11. The summed E-state index contributed by atoms with van der Waals surface area (Å²) in [6.45, 7) is 8.86. The lowest BCUT2D eigenvalue weighted by Gasteiger charge is -2.39. The molecule has 2 aromatic heterocycles. The number of fused-ring (bicyclic) bond motifs is 1. The maximum atomic E-state index is 14.2. The van der Waals surface area contributed by atoms with Crippen LogP contribution in [0.4, 0.5) is 20.5 Å². The molecule has 0 amide bonds. The fraction of sp³-hybridized carbons (Fsp3) is 0.645. The number of alkyl halides is 2. The summed E-state index contributed by atoms with van der Waals surface area (Å²) < 4.78 is 35.3. The average Bonchev–Trinajstić information content (AvgIpc) is 3.71. The summed E-state index contributed by atoms with van der Waals surface area (Å²) in [5.74, 6) is 2.44. The summed E-state index contributed by atoms with van der Waals surface area (Å²) >= 11 is 0. The molecule has 1 saturated heterocycles. The molecule has 3 fully saturated rings. The summed E-state index contributed by atoms with van der Waals surface area (Å²) in [5.41, 5.74) is 0.398. The summed E-state index contributed by atoms with van der Waals surface area (Å²) in [5, 5.41) is 14.0. The Balaban J connectivity index is 1.19. The van der Waals surface area contributed by atoms with Gasteiger partial charge < -0.3 is 20.1 Å². The van der Waals surface area contributed by atoms with Crippen LogP contribution in [0, 0.1) is 11.8 Å². The number of para-hydroxylation sites is 2. The second-order valence-electron chi connectivity index (χ2n) is 12.8. The Morgan fingerprint density at radius 1 is 1.00 bits per heavy atom. The molecule has 11 heteroatoms. The van der Waals surface area contributed by atoms with Crippen LogP contribution in [0.2, 0.25) is 0 Å². The molecule has 2 aliphatic carbocycles. The van der Waals surface area contributed by atoms with Crippen LogP contribution in [0.25, 0.3) is 16.9 Å². The van der Waals surface area contributed by atoms with E-state index in [1.165, 1.54) is 17.4 Å². The zero-order valence-corrected chi connectivity index (χ0v) is 24.7. The maximum absolute atomic E-state index is 14.2. The van der Waals surface area contributed by atoms with Crippen molar-refractivity contribution in [3.8, 4) is 5.82 Å². The van der Waals surface area contributed by atoms with Gasteiger partial charge in [0, 0.05) is 44.8 Å². The summed E-state index contributed by atoms with van der Waals surface area (Å²) in [7, 11) is 0. The van der Waals surface area contributed by atoms with Gasteiger partial charge in [0.1, 0.15) is 11.6 Å². The molecule has 6 rings (SSSR count). The lowest BCUT2D eigenvalue weighted by molar-refractivity contribution is 0.00908. The molecule has 0 unspecified atom stereocenters. The van der Waals surface area contributed by atoms with E-state index in [9.17, 15) is 13.9 Å². The Kier molecular flexibility index (Phi) is 8.61. The van der Waals surface area contributed by atoms with Crippen LogP contribution in [-0.2, 0) is 4.74 Å². The SMILES string of the molecule is CC(C)(O)CN(CC1CC1)C1CCC(CNc2nc(N3CCOCC3)cc(-n3c(C(F)F)nc4ccccc43)n2)CC1. The van der Waals surface area contributed by atoms with Crippen LogP contribution in [0.15, 0.2) is 30.3 Å². The molecular formula is C31H43F2N7O2. The Labute approximate surface area is 246 Å². The largest absolute Gasteiger partial charge is 0.389 e. The number of hydrogen-bond donors (Lipinski definition) is 2. The van der Waals surface area contributed by atoms with Gasteiger partial charge in [0.05, 0.1) is 29.8 Å². The molecule has 9 nitrogen and oxygen atoms in total. The van der Waals surface area contributed by atoms with Crippen LogP contribution in [0.3, 0.4) is 0 Å². The molecule has 3 heterocycles. The van der Waals surface area contributed by atoms with Gasteiger partial charge in [0.15, 0.2) is 5.82 Å². The summed E-state index contributed by atoms with van der Waals surface area (Å²) in [6.07, 6.45) is 4.25. The first-order valence-electron chi connectivity index (χ1n) is 15.4. The van der Waals surface area contributed by atoms with Crippen LogP contribution < -0.4 is 10.2 Å². The third kappa shape index (κ3) is 7.01. The van der Waals surface area contributed by atoms with Crippen molar-refractivity contribution in [3.63, 3.8) is 0 Å². The normalized spacial score (nSPS) is 21.9. The van der Waals surface area contributed by atoms with E-state index in [2.05, 4.69) is 20.1 Å². The molecule has 1 aliphatic heterocycles. The highest BCUT2D eigenvalue weighted by atomic mass is 19.3. The van der Waals surface area contributed by atoms with Crippen LogP contribution >= 0.6 is 0 Å². The van der Waals surface area contributed by atoms with Crippen molar-refractivity contribution in [1.29, 1.82) is 0 Å². The third-order valence-corrected chi connectivity index (χ3v) is 8.71. The second kappa shape index (κ2) is 12.4. The quantitative estimate of drug-likeness (QED) is 0.324. The fourth-order valence-electron chi connectivity index (χ4n) is 6.42. The highest BCUT2D eigenvalue weighted by Gasteiger charge is 2.33. The van der Waals surface area contributed by atoms with Gasteiger partial charge in [-0.15, -0.1) is 0 Å². The summed E-state index contributed by atoms with van der Waals surface area (Å²) in [4.78, 5) is 18.4. The number of benzene rings is 1. The molecule has 0 atom stereocenters. The fourth-order valence-corrected chi connectivity index (χ4v) is 6.42. The third-order valence-electron chi connectivity index (χ3n) is 8.71. The van der Waals surface area contributed by atoms with E-state index in [4.69, 9.17) is 14.7 Å². The topological polar surface area (TPSA) is 91.6 Å².